The van der Waals surface area contributed by atoms with E-state index in [2.05, 4.69) is 11.9 Å². The van der Waals surface area contributed by atoms with Gasteiger partial charge in [-0.1, -0.05) is 19.1 Å². The van der Waals surface area contributed by atoms with E-state index in [0.717, 1.165) is 18.5 Å². The number of nitrogens with one attached hydrogen (secondary N) is 1. The minimum absolute atomic E-state index is 0.265. The molecule has 0 spiro atoms. The third kappa shape index (κ3) is 4.91. The van der Waals surface area contributed by atoms with Gasteiger partial charge in [-0.05, 0) is 37.1 Å². The normalized spacial score (nSPS) is 11.8. The molecule has 0 aliphatic rings. The van der Waals surface area contributed by atoms with Crippen LogP contribution in [0.25, 0.3) is 0 Å². The number of rotatable bonds is 9. The second-order valence-corrected chi connectivity index (χ2v) is 6.82. The molecule has 0 saturated carbocycles. The number of benzene rings is 1. The second kappa shape index (κ2) is 8.26. The number of sulfonamides is 1. The van der Waals surface area contributed by atoms with Crippen LogP contribution in [0.3, 0.4) is 0 Å². The first kappa shape index (κ1) is 17.8. The third-order valence-electron chi connectivity index (χ3n) is 3.14. The van der Waals surface area contributed by atoms with E-state index in [4.69, 9.17) is 0 Å². The molecule has 0 aliphatic carbocycles. The highest BCUT2D eigenvalue weighted by Gasteiger charge is 2.24. The van der Waals surface area contributed by atoms with Gasteiger partial charge in [0.15, 0.2) is 0 Å². The summed E-state index contributed by atoms with van der Waals surface area (Å²) in [4.78, 5) is -0.265. The molecule has 21 heavy (non-hydrogen) atoms. The lowest BCUT2D eigenvalue weighted by molar-refractivity contribution is 0.456. The fraction of sp³-hybridized carbons (Fsp3) is 0.467. The van der Waals surface area contributed by atoms with Gasteiger partial charge in [0.2, 0.25) is 10.0 Å². The number of halogens is 1. The standard InChI is InChI=1S/C15H23FN2O2S/c1-4-6-7-10-18(3)21(19,20)15-11-13(12-17-5-2)8-9-14(15)16/h4,8-9,11,17H,1,5-7,10,12H2,2-3H3. The maximum absolute atomic E-state index is 13.9. The summed E-state index contributed by atoms with van der Waals surface area (Å²) in [6.07, 6.45) is 3.12. The molecule has 6 heteroatoms. The molecule has 0 aromatic heterocycles. The van der Waals surface area contributed by atoms with E-state index in [-0.39, 0.29) is 4.90 Å². The molecule has 4 nitrogen and oxygen atoms in total. The summed E-state index contributed by atoms with van der Waals surface area (Å²) in [7, 11) is -2.33. The van der Waals surface area contributed by atoms with E-state index < -0.39 is 15.8 Å². The summed E-state index contributed by atoms with van der Waals surface area (Å²) in [5.74, 6) is -0.717. The molecule has 1 aromatic rings. The molecule has 0 heterocycles. The van der Waals surface area contributed by atoms with Gasteiger partial charge in [0.25, 0.3) is 0 Å². The van der Waals surface area contributed by atoms with E-state index in [0.29, 0.717) is 19.5 Å². The van der Waals surface area contributed by atoms with Crippen LogP contribution in [0, 0.1) is 5.82 Å². The Balaban J connectivity index is 2.97. The maximum Gasteiger partial charge on any atom is 0.245 e. The molecule has 0 aliphatic heterocycles. The topological polar surface area (TPSA) is 49.4 Å². The monoisotopic (exact) mass is 314 g/mol. The van der Waals surface area contributed by atoms with Gasteiger partial charge in [0.1, 0.15) is 10.7 Å². The average molecular weight is 314 g/mol. The van der Waals surface area contributed by atoms with Crippen LogP contribution in [0.1, 0.15) is 25.3 Å². The van der Waals surface area contributed by atoms with Crippen LogP contribution in [0.15, 0.2) is 35.7 Å². The maximum atomic E-state index is 13.9. The first-order chi connectivity index (χ1) is 9.93. The van der Waals surface area contributed by atoms with E-state index >= 15 is 0 Å². The van der Waals surface area contributed by atoms with Gasteiger partial charge in [-0.2, -0.15) is 0 Å². The smallest absolute Gasteiger partial charge is 0.245 e. The summed E-state index contributed by atoms with van der Waals surface area (Å²) in [6.45, 7) is 7.17. The third-order valence-corrected chi connectivity index (χ3v) is 5.02. The van der Waals surface area contributed by atoms with Crippen LogP contribution >= 0.6 is 0 Å². The first-order valence-electron chi connectivity index (χ1n) is 6.99. The van der Waals surface area contributed by atoms with Crippen LogP contribution in [0.5, 0.6) is 0 Å². The SMILES string of the molecule is C=CCCCN(C)S(=O)(=O)c1cc(CNCC)ccc1F. The summed E-state index contributed by atoms with van der Waals surface area (Å²) in [5.41, 5.74) is 0.747. The zero-order valence-corrected chi connectivity index (χ0v) is 13.4. The molecule has 0 bridgehead atoms. The zero-order valence-electron chi connectivity index (χ0n) is 12.6. The van der Waals surface area contributed by atoms with Gasteiger partial charge in [-0.25, -0.2) is 17.1 Å². The molecule has 0 atom stereocenters. The Morgan fingerprint density at radius 2 is 2.14 bits per heavy atom. The molecule has 0 fully saturated rings. The lowest BCUT2D eigenvalue weighted by Gasteiger charge is -2.18. The summed E-state index contributed by atoms with van der Waals surface area (Å²) in [5, 5.41) is 3.09. The quantitative estimate of drug-likeness (QED) is 0.563. The van der Waals surface area contributed by atoms with Crippen molar-refractivity contribution < 1.29 is 12.8 Å². The number of hydrogen-bond donors (Lipinski definition) is 1. The number of nitrogens with zero attached hydrogens (tertiary/aromatic N) is 1. The van der Waals surface area contributed by atoms with Gasteiger partial charge >= 0.3 is 0 Å². The minimum atomic E-state index is -3.80. The first-order valence-corrected chi connectivity index (χ1v) is 8.43. The summed E-state index contributed by atoms with van der Waals surface area (Å²) in [6, 6.07) is 4.20. The Labute approximate surface area is 126 Å². The molecule has 1 aromatic carbocycles. The Morgan fingerprint density at radius 3 is 2.76 bits per heavy atom. The lowest BCUT2D eigenvalue weighted by atomic mass is 10.2. The predicted molar refractivity (Wildman–Crippen MR) is 83.0 cm³/mol. The van der Waals surface area contributed by atoms with Crippen molar-refractivity contribution in [2.75, 3.05) is 20.1 Å². The Morgan fingerprint density at radius 1 is 1.43 bits per heavy atom. The van der Waals surface area contributed by atoms with Crippen LogP contribution < -0.4 is 5.32 Å². The number of hydrogen-bond acceptors (Lipinski definition) is 3. The van der Waals surface area contributed by atoms with Crippen LogP contribution in [-0.4, -0.2) is 32.9 Å². The van der Waals surface area contributed by atoms with Crippen molar-refractivity contribution in [2.24, 2.45) is 0 Å². The fourth-order valence-corrected chi connectivity index (χ4v) is 3.19. The van der Waals surface area contributed by atoms with E-state index in [1.807, 2.05) is 6.92 Å². The second-order valence-electron chi connectivity index (χ2n) is 4.80. The van der Waals surface area contributed by atoms with Crippen LogP contribution in [0.2, 0.25) is 0 Å². The van der Waals surface area contributed by atoms with Crippen molar-refractivity contribution in [2.45, 2.75) is 31.2 Å². The lowest BCUT2D eigenvalue weighted by Crippen LogP contribution is -2.29. The van der Waals surface area contributed by atoms with Gasteiger partial charge in [0.05, 0.1) is 0 Å². The van der Waals surface area contributed by atoms with Crippen molar-refractivity contribution in [3.8, 4) is 0 Å². The van der Waals surface area contributed by atoms with Crippen molar-refractivity contribution in [3.05, 3.63) is 42.2 Å². The molecule has 1 rings (SSSR count). The summed E-state index contributed by atoms with van der Waals surface area (Å²) >= 11 is 0. The Hall–Kier alpha value is -1.24. The van der Waals surface area contributed by atoms with Gasteiger partial charge in [0, 0.05) is 20.1 Å². The highest BCUT2D eigenvalue weighted by molar-refractivity contribution is 7.89. The number of allylic oxidation sites excluding steroid dienone is 1. The molecule has 0 radical (unpaired) electrons. The zero-order chi connectivity index (χ0) is 15.9. The fourth-order valence-electron chi connectivity index (χ4n) is 1.87. The van der Waals surface area contributed by atoms with Gasteiger partial charge in [-0.15, -0.1) is 6.58 Å². The van der Waals surface area contributed by atoms with Gasteiger partial charge < -0.3 is 5.32 Å². The highest BCUT2D eigenvalue weighted by atomic mass is 32.2. The number of unbranched alkanes of at least 4 members (excludes halogenated alkanes) is 1. The Bertz CT molecular complexity index is 573. The van der Waals surface area contributed by atoms with E-state index in [1.54, 1.807) is 12.1 Å². The molecular weight excluding hydrogens is 291 g/mol. The molecule has 1 N–H and O–H groups in total. The molecule has 0 unspecified atom stereocenters. The van der Waals surface area contributed by atoms with E-state index in [9.17, 15) is 12.8 Å². The average Bonchev–Trinajstić information content (AvgIpc) is 2.46. The Kier molecular flexibility index (Phi) is 7.01. The van der Waals surface area contributed by atoms with Crippen LogP contribution in [0.4, 0.5) is 4.39 Å². The highest BCUT2D eigenvalue weighted by Crippen LogP contribution is 2.20. The van der Waals surface area contributed by atoms with Crippen molar-refractivity contribution in [1.29, 1.82) is 0 Å². The van der Waals surface area contributed by atoms with Gasteiger partial charge in [-0.3, -0.25) is 0 Å². The minimum Gasteiger partial charge on any atom is -0.313 e. The van der Waals surface area contributed by atoms with E-state index in [1.165, 1.54) is 23.5 Å². The largest absolute Gasteiger partial charge is 0.313 e. The molecule has 0 saturated heterocycles. The predicted octanol–water partition coefficient (Wildman–Crippen LogP) is 2.52. The van der Waals surface area contributed by atoms with Crippen LogP contribution in [-0.2, 0) is 16.6 Å². The molecule has 0 amide bonds. The molecule has 118 valence electrons. The van der Waals surface area contributed by atoms with Crippen molar-refractivity contribution in [1.82, 2.24) is 9.62 Å². The molecular formula is C15H23FN2O2S. The summed E-state index contributed by atoms with van der Waals surface area (Å²) < 4.78 is 39.9. The van der Waals surface area contributed by atoms with Crippen molar-refractivity contribution in [3.63, 3.8) is 0 Å². The van der Waals surface area contributed by atoms with Crippen molar-refractivity contribution >= 4 is 10.0 Å².